The SMILES string of the molecule is CCCCS1=CC=C(c2nccc3c2ccc2ccccc23)C=C1. The third kappa shape index (κ3) is 2.83. The van der Waals surface area contributed by atoms with E-state index in [1.54, 1.807) is 0 Å². The number of hydrogen-bond acceptors (Lipinski definition) is 1. The van der Waals surface area contributed by atoms with Crippen LogP contribution in [0.15, 0.2) is 66.2 Å². The zero-order valence-corrected chi connectivity index (χ0v) is 14.7. The fraction of sp³-hybridized carbons (Fsp3) is 0.182. The van der Waals surface area contributed by atoms with Gasteiger partial charge in [-0.15, -0.1) is 0 Å². The molecule has 2 heteroatoms. The fourth-order valence-electron chi connectivity index (χ4n) is 3.19. The van der Waals surface area contributed by atoms with Gasteiger partial charge in [-0.3, -0.25) is 4.98 Å². The number of unbranched alkanes of at least 4 members (excludes halogenated alkanes) is 1. The Kier molecular flexibility index (Phi) is 4.31. The van der Waals surface area contributed by atoms with Crippen LogP contribution in [0.1, 0.15) is 25.5 Å². The second-order valence-corrected chi connectivity index (χ2v) is 8.02. The molecule has 0 saturated carbocycles. The maximum absolute atomic E-state index is 4.69. The summed E-state index contributed by atoms with van der Waals surface area (Å²) in [6.07, 6.45) is 9.01. The number of hydrogen-bond donors (Lipinski definition) is 0. The predicted octanol–water partition coefficient (Wildman–Crippen LogP) is 6.17. The standard InChI is InChI=1S/C22H21NS/c1-2-3-14-24-15-11-18(12-16-24)22-21-9-8-17-6-4-5-7-19(17)20(21)10-13-23-22/h4-13,15-16H,2-3,14H2,1H3. The first-order valence-corrected chi connectivity index (χ1v) is 10.1. The number of benzene rings is 2. The molecule has 0 spiro atoms. The highest BCUT2D eigenvalue weighted by atomic mass is 32.2. The number of aromatic nitrogens is 1. The van der Waals surface area contributed by atoms with E-state index >= 15 is 0 Å². The smallest absolute Gasteiger partial charge is 0.0780 e. The first kappa shape index (κ1) is 15.3. The van der Waals surface area contributed by atoms with Gasteiger partial charge in [0.1, 0.15) is 0 Å². The van der Waals surface area contributed by atoms with Crippen LogP contribution >= 0.6 is 10.5 Å². The van der Waals surface area contributed by atoms with Crippen LogP contribution in [-0.4, -0.2) is 16.1 Å². The van der Waals surface area contributed by atoms with Crippen LogP contribution in [0, 0.1) is 0 Å². The molecule has 0 N–H and O–H groups in total. The Balaban J connectivity index is 1.81. The van der Waals surface area contributed by atoms with Gasteiger partial charge in [0.15, 0.2) is 0 Å². The van der Waals surface area contributed by atoms with Crippen molar-refractivity contribution in [3.8, 4) is 0 Å². The molecular formula is C22H21NS. The molecule has 2 aromatic carbocycles. The van der Waals surface area contributed by atoms with Crippen LogP contribution in [0.3, 0.4) is 0 Å². The largest absolute Gasteiger partial charge is 0.256 e. The Morgan fingerprint density at radius 2 is 1.88 bits per heavy atom. The first-order valence-electron chi connectivity index (χ1n) is 8.55. The van der Waals surface area contributed by atoms with Gasteiger partial charge in [-0.25, -0.2) is 0 Å². The molecule has 1 aliphatic rings. The van der Waals surface area contributed by atoms with Crippen LogP contribution in [0.5, 0.6) is 0 Å². The molecule has 1 aromatic heterocycles. The minimum absolute atomic E-state index is 0.295. The average Bonchev–Trinajstić information content (AvgIpc) is 2.66. The molecule has 24 heavy (non-hydrogen) atoms. The normalized spacial score (nSPS) is 17.0. The highest BCUT2D eigenvalue weighted by molar-refractivity contribution is 8.17. The van der Waals surface area contributed by atoms with E-state index in [1.165, 1.54) is 45.7 Å². The molecule has 0 bridgehead atoms. The lowest BCUT2D eigenvalue weighted by Gasteiger charge is -2.12. The average molecular weight is 331 g/mol. The lowest BCUT2D eigenvalue weighted by Crippen LogP contribution is -1.93. The van der Waals surface area contributed by atoms with Crippen molar-refractivity contribution in [2.24, 2.45) is 0 Å². The molecule has 1 unspecified atom stereocenters. The number of fused-ring (bicyclic) bond motifs is 3. The Morgan fingerprint density at radius 3 is 2.71 bits per heavy atom. The first-order chi connectivity index (χ1) is 11.9. The molecule has 0 radical (unpaired) electrons. The van der Waals surface area contributed by atoms with Crippen molar-refractivity contribution in [2.45, 2.75) is 19.8 Å². The molecule has 1 nitrogen and oxygen atoms in total. The molecule has 3 aromatic rings. The second-order valence-electron chi connectivity index (χ2n) is 6.13. The van der Waals surface area contributed by atoms with Crippen molar-refractivity contribution < 1.29 is 0 Å². The molecule has 1 atom stereocenters. The lowest BCUT2D eigenvalue weighted by molar-refractivity contribution is 0.897. The van der Waals surface area contributed by atoms with Crippen molar-refractivity contribution in [1.29, 1.82) is 0 Å². The molecular weight excluding hydrogens is 310 g/mol. The van der Waals surface area contributed by atoms with Crippen LogP contribution in [0.4, 0.5) is 0 Å². The Hall–Kier alpha value is -2.19. The third-order valence-corrected chi connectivity index (χ3v) is 6.25. The van der Waals surface area contributed by atoms with Gasteiger partial charge < -0.3 is 0 Å². The molecule has 120 valence electrons. The summed E-state index contributed by atoms with van der Waals surface area (Å²) in [6, 6.07) is 15.1. The molecule has 0 amide bonds. The van der Waals surface area contributed by atoms with Crippen LogP contribution in [0.25, 0.3) is 27.1 Å². The van der Waals surface area contributed by atoms with Crippen LogP contribution in [0.2, 0.25) is 0 Å². The summed E-state index contributed by atoms with van der Waals surface area (Å²) < 4.78 is 0. The monoisotopic (exact) mass is 331 g/mol. The van der Waals surface area contributed by atoms with Crippen molar-refractivity contribution in [1.82, 2.24) is 4.98 Å². The summed E-state index contributed by atoms with van der Waals surface area (Å²) in [6.45, 7) is 2.25. The van der Waals surface area contributed by atoms with E-state index in [2.05, 4.69) is 77.3 Å². The third-order valence-electron chi connectivity index (χ3n) is 4.52. The van der Waals surface area contributed by atoms with Crippen molar-refractivity contribution in [3.63, 3.8) is 0 Å². The number of pyridine rings is 1. The predicted molar refractivity (Wildman–Crippen MR) is 110 cm³/mol. The van der Waals surface area contributed by atoms with Crippen molar-refractivity contribution in [3.05, 3.63) is 71.9 Å². The fourth-order valence-corrected chi connectivity index (χ4v) is 4.82. The summed E-state index contributed by atoms with van der Waals surface area (Å²) in [5.74, 6) is 1.27. The summed E-state index contributed by atoms with van der Waals surface area (Å²) in [4.78, 5) is 4.69. The zero-order valence-electron chi connectivity index (χ0n) is 13.9. The number of allylic oxidation sites excluding steroid dienone is 3. The Labute approximate surface area is 145 Å². The van der Waals surface area contributed by atoms with Gasteiger partial charge >= 0.3 is 0 Å². The van der Waals surface area contributed by atoms with Gasteiger partial charge in [0.05, 0.1) is 5.69 Å². The lowest BCUT2D eigenvalue weighted by atomic mass is 9.99. The maximum Gasteiger partial charge on any atom is 0.0780 e. The molecule has 0 saturated heterocycles. The van der Waals surface area contributed by atoms with Crippen molar-refractivity contribution in [2.75, 3.05) is 5.75 Å². The Bertz CT molecular complexity index is 995. The topological polar surface area (TPSA) is 12.9 Å². The molecule has 0 fully saturated rings. The summed E-state index contributed by atoms with van der Waals surface area (Å²) in [5, 5.41) is 9.80. The van der Waals surface area contributed by atoms with E-state index in [0.29, 0.717) is 10.5 Å². The quantitative estimate of drug-likeness (QED) is 0.411. The zero-order chi connectivity index (χ0) is 16.4. The highest BCUT2D eigenvalue weighted by Gasteiger charge is 2.09. The van der Waals surface area contributed by atoms with E-state index in [1.807, 2.05) is 6.20 Å². The van der Waals surface area contributed by atoms with E-state index in [9.17, 15) is 0 Å². The minimum atomic E-state index is 0.295. The summed E-state index contributed by atoms with van der Waals surface area (Å²) >= 11 is 0. The van der Waals surface area contributed by atoms with Gasteiger partial charge in [-0.2, -0.15) is 10.5 Å². The number of nitrogens with zero attached hydrogens (tertiary/aromatic N) is 1. The van der Waals surface area contributed by atoms with Crippen molar-refractivity contribution >= 4 is 43.0 Å². The van der Waals surface area contributed by atoms with Gasteiger partial charge in [0.25, 0.3) is 0 Å². The molecule has 2 heterocycles. The van der Waals surface area contributed by atoms with E-state index in [0.717, 1.165) is 5.69 Å². The number of rotatable bonds is 4. The summed E-state index contributed by atoms with van der Waals surface area (Å²) in [7, 11) is 0.295. The highest BCUT2D eigenvalue weighted by Crippen LogP contribution is 2.32. The van der Waals surface area contributed by atoms with E-state index in [-0.39, 0.29) is 0 Å². The van der Waals surface area contributed by atoms with Gasteiger partial charge in [0, 0.05) is 17.2 Å². The van der Waals surface area contributed by atoms with Crippen LogP contribution < -0.4 is 0 Å². The molecule has 1 aliphatic heterocycles. The van der Waals surface area contributed by atoms with E-state index < -0.39 is 0 Å². The molecule has 0 aliphatic carbocycles. The van der Waals surface area contributed by atoms with Gasteiger partial charge in [0.2, 0.25) is 0 Å². The molecule has 4 rings (SSSR count). The van der Waals surface area contributed by atoms with Gasteiger partial charge in [-0.1, -0.05) is 49.7 Å². The summed E-state index contributed by atoms with van der Waals surface area (Å²) in [5.41, 5.74) is 2.31. The minimum Gasteiger partial charge on any atom is -0.256 e. The Morgan fingerprint density at radius 1 is 0.958 bits per heavy atom. The van der Waals surface area contributed by atoms with E-state index in [4.69, 9.17) is 0 Å². The van der Waals surface area contributed by atoms with Gasteiger partial charge in [-0.05, 0) is 57.3 Å². The second kappa shape index (κ2) is 6.74. The van der Waals surface area contributed by atoms with Crippen LogP contribution in [-0.2, 0) is 0 Å². The maximum atomic E-state index is 4.69.